The van der Waals surface area contributed by atoms with Crippen LogP contribution in [0, 0.1) is 6.92 Å². The Morgan fingerprint density at radius 1 is 1.50 bits per heavy atom. The van der Waals surface area contributed by atoms with Crippen LogP contribution in [0.15, 0.2) is 36.1 Å². The van der Waals surface area contributed by atoms with E-state index in [0.717, 1.165) is 42.2 Å². The van der Waals surface area contributed by atoms with Gasteiger partial charge in [0.2, 0.25) is 0 Å². The number of hydrogen-bond donors (Lipinski definition) is 1. The van der Waals surface area contributed by atoms with E-state index in [1.54, 1.807) is 17.5 Å². The Kier molecular flexibility index (Phi) is 3.93. The van der Waals surface area contributed by atoms with Gasteiger partial charge in [0, 0.05) is 36.1 Å². The topological polar surface area (TPSA) is 66.8 Å². The van der Waals surface area contributed by atoms with E-state index in [1.165, 1.54) is 0 Å². The Hall–Kier alpha value is -2.41. The SMILES string of the molecule is Cc1nc(-c2c[nH]c(C(=O)N3CCC[C@H]3Cn3cccn3)c2)cs1. The number of likely N-dealkylation sites (tertiary alicyclic amines) is 1. The zero-order valence-electron chi connectivity index (χ0n) is 13.5. The standard InChI is InChI=1S/C17H19N5OS/c1-12-20-16(11-24-12)13-8-15(18-9-13)17(23)22-7-2-4-14(22)10-21-6-3-5-19-21/h3,5-6,8-9,11,14,18H,2,4,7,10H2,1H3/t14-/m0/s1. The normalized spacial score (nSPS) is 17.5. The van der Waals surface area contributed by atoms with E-state index >= 15 is 0 Å². The number of hydrogen-bond acceptors (Lipinski definition) is 4. The van der Waals surface area contributed by atoms with Crippen molar-refractivity contribution in [2.75, 3.05) is 6.54 Å². The Labute approximate surface area is 144 Å². The molecular formula is C17H19N5OS. The predicted octanol–water partition coefficient (Wildman–Crippen LogP) is 2.95. The fourth-order valence-electron chi connectivity index (χ4n) is 3.23. The zero-order valence-corrected chi connectivity index (χ0v) is 14.3. The first-order chi connectivity index (χ1) is 11.7. The third-order valence-electron chi connectivity index (χ3n) is 4.42. The number of rotatable bonds is 4. The van der Waals surface area contributed by atoms with Crippen LogP contribution in [0.5, 0.6) is 0 Å². The van der Waals surface area contributed by atoms with E-state index in [2.05, 4.69) is 15.1 Å². The minimum absolute atomic E-state index is 0.0582. The van der Waals surface area contributed by atoms with Crippen LogP contribution in [0.3, 0.4) is 0 Å². The molecule has 7 heteroatoms. The molecule has 0 aromatic carbocycles. The van der Waals surface area contributed by atoms with Crippen molar-refractivity contribution in [3.8, 4) is 11.3 Å². The molecule has 0 aliphatic carbocycles. The number of carbonyl (C=O) groups is 1. The highest BCUT2D eigenvalue weighted by molar-refractivity contribution is 7.09. The molecule has 4 heterocycles. The molecular weight excluding hydrogens is 322 g/mol. The summed E-state index contributed by atoms with van der Waals surface area (Å²) in [6.07, 6.45) is 7.63. The summed E-state index contributed by atoms with van der Waals surface area (Å²) < 4.78 is 1.90. The van der Waals surface area contributed by atoms with Crippen molar-refractivity contribution < 1.29 is 4.79 Å². The summed E-state index contributed by atoms with van der Waals surface area (Å²) in [6, 6.07) is 4.01. The van der Waals surface area contributed by atoms with Crippen LogP contribution in [0.2, 0.25) is 0 Å². The van der Waals surface area contributed by atoms with Crippen LogP contribution in [-0.2, 0) is 6.54 Å². The van der Waals surface area contributed by atoms with Crippen molar-refractivity contribution in [3.05, 3.63) is 46.8 Å². The molecule has 0 radical (unpaired) electrons. The second-order valence-corrected chi connectivity index (χ2v) is 7.14. The smallest absolute Gasteiger partial charge is 0.270 e. The van der Waals surface area contributed by atoms with E-state index < -0.39 is 0 Å². The van der Waals surface area contributed by atoms with Gasteiger partial charge in [-0.2, -0.15) is 5.10 Å². The Balaban J connectivity index is 1.51. The maximum atomic E-state index is 12.9. The first-order valence-electron chi connectivity index (χ1n) is 8.10. The third kappa shape index (κ3) is 2.87. The minimum atomic E-state index is 0.0582. The number of nitrogens with zero attached hydrogens (tertiary/aromatic N) is 4. The zero-order chi connectivity index (χ0) is 16.5. The van der Waals surface area contributed by atoms with Crippen molar-refractivity contribution in [2.45, 2.75) is 32.4 Å². The van der Waals surface area contributed by atoms with Crippen molar-refractivity contribution in [2.24, 2.45) is 0 Å². The second-order valence-electron chi connectivity index (χ2n) is 6.08. The maximum absolute atomic E-state index is 12.9. The molecule has 1 amide bonds. The van der Waals surface area contributed by atoms with Crippen LogP contribution in [-0.4, -0.2) is 43.1 Å². The summed E-state index contributed by atoms with van der Waals surface area (Å²) in [7, 11) is 0. The second kappa shape index (κ2) is 6.24. The maximum Gasteiger partial charge on any atom is 0.270 e. The third-order valence-corrected chi connectivity index (χ3v) is 5.20. The number of H-pyrrole nitrogens is 1. The monoisotopic (exact) mass is 341 g/mol. The molecule has 3 aromatic heterocycles. The Morgan fingerprint density at radius 2 is 2.42 bits per heavy atom. The van der Waals surface area contributed by atoms with Gasteiger partial charge in [-0.25, -0.2) is 4.98 Å². The fraction of sp³-hybridized carbons (Fsp3) is 0.353. The van der Waals surface area contributed by atoms with Gasteiger partial charge in [0.1, 0.15) is 5.69 Å². The molecule has 1 N–H and O–H groups in total. The van der Waals surface area contributed by atoms with Gasteiger partial charge in [0.05, 0.1) is 23.3 Å². The highest BCUT2D eigenvalue weighted by atomic mass is 32.1. The molecule has 0 spiro atoms. The highest BCUT2D eigenvalue weighted by Crippen LogP contribution is 2.25. The average molecular weight is 341 g/mol. The van der Waals surface area contributed by atoms with Crippen molar-refractivity contribution >= 4 is 17.2 Å². The van der Waals surface area contributed by atoms with Crippen LogP contribution < -0.4 is 0 Å². The van der Waals surface area contributed by atoms with E-state index in [4.69, 9.17) is 0 Å². The number of aromatic amines is 1. The molecule has 6 nitrogen and oxygen atoms in total. The summed E-state index contributed by atoms with van der Waals surface area (Å²) in [5, 5.41) is 7.30. The lowest BCUT2D eigenvalue weighted by Gasteiger charge is -2.24. The van der Waals surface area contributed by atoms with Gasteiger partial charge < -0.3 is 9.88 Å². The lowest BCUT2D eigenvalue weighted by Crippen LogP contribution is -2.38. The average Bonchev–Trinajstić information content (AvgIpc) is 3.35. The molecule has 4 rings (SSSR count). The molecule has 0 saturated carbocycles. The number of nitrogens with one attached hydrogen (secondary N) is 1. The lowest BCUT2D eigenvalue weighted by atomic mass is 10.2. The molecule has 24 heavy (non-hydrogen) atoms. The number of aryl methyl sites for hydroxylation is 1. The number of carbonyl (C=O) groups excluding carboxylic acids is 1. The van der Waals surface area contributed by atoms with E-state index in [1.807, 2.05) is 46.4 Å². The summed E-state index contributed by atoms with van der Waals surface area (Å²) in [4.78, 5) is 22.4. The van der Waals surface area contributed by atoms with E-state index in [0.29, 0.717) is 5.69 Å². The number of thiazole rings is 1. The highest BCUT2D eigenvalue weighted by Gasteiger charge is 2.30. The molecule has 3 aromatic rings. The summed E-state index contributed by atoms with van der Waals surface area (Å²) in [6.45, 7) is 3.53. The minimum Gasteiger partial charge on any atom is -0.357 e. The van der Waals surface area contributed by atoms with Crippen molar-refractivity contribution in [1.29, 1.82) is 0 Å². The summed E-state index contributed by atoms with van der Waals surface area (Å²) in [5.74, 6) is 0.0582. The molecule has 0 bridgehead atoms. The molecule has 1 aliphatic rings. The van der Waals surface area contributed by atoms with Gasteiger partial charge >= 0.3 is 0 Å². The summed E-state index contributed by atoms with van der Waals surface area (Å²) >= 11 is 1.61. The van der Waals surface area contributed by atoms with E-state index in [-0.39, 0.29) is 11.9 Å². The Morgan fingerprint density at radius 3 is 3.17 bits per heavy atom. The number of amides is 1. The van der Waals surface area contributed by atoms with Crippen molar-refractivity contribution in [1.82, 2.24) is 24.6 Å². The molecule has 1 aliphatic heterocycles. The quantitative estimate of drug-likeness (QED) is 0.793. The van der Waals surface area contributed by atoms with E-state index in [9.17, 15) is 4.79 Å². The van der Waals surface area contributed by atoms with Crippen LogP contribution in [0.25, 0.3) is 11.3 Å². The molecule has 1 fully saturated rings. The van der Waals surface area contributed by atoms with Crippen LogP contribution in [0.4, 0.5) is 0 Å². The first-order valence-corrected chi connectivity index (χ1v) is 8.98. The van der Waals surface area contributed by atoms with Crippen LogP contribution >= 0.6 is 11.3 Å². The molecule has 1 atom stereocenters. The Bertz CT molecular complexity index is 835. The van der Waals surface area contributed by atoms with Crippen LogP contribution in [0.1, 0.15) is 28.3 Å². The first kappa shape index (κ1) is 15.1. The van der Waals surface area contributed by atoms with Gasteiger partial charge in [0.25, 0.3) is 5.91 Å². The van der Waals surface area contributed by atoms with Gasteiger partial charge in [-0.1, -0.05) is 0 Å². The number of aromatic nitrogens is 4. The van der Waals surface area contributed by atoms with Gasteiger partial charge in [-0.05, 0) is 31.9 Å². The molecule has 1 saturated heterocycles. The fourth-order valence-corrected chi connectivity index (χ4v) is 3.86. The largest absolute Gasteiger partial charge is 0.357 e. The predicted molar refractivity (Wildman–Crippen MR) is 92.9 cm³/mol. The van der Waals surface area contributed by atoms with Gasteiger partial charge in [0.15, 0.2) is 0 Å². The lowest BCUT2D eigenvalue weighted by molar-refractivity contribution is 0.0716. The van der Waals surface area contributed by atoms with Gasteiger partial charge in [-0.3, -0.25) is 9.48 Å². The van der Waals surface area contributed by atoms with Gasteiger partial charge in [-0.15, -0.1) is 11.3 Å². The molecule has 124 valence electrons. The summed E-state index contributed by atoms with van der Waals surface area (Å²) in [5.41, 5.74) is 2.51. The van der Waals surface area contributed by atoms with Crippen molar-refractivity contribution in [3.63, 3.8) is 0 Å². The molecule has 0 unspecified atom stereocenters.